The van der Waals surface area contributed by atoms with Gasteiger partial charge in [-0.1, -0.05) is 25.5 Å². The van der Waals surface area contributed by atoms with E-state index in [0.29, 0.717) is 44.2 Å². The number of unbranched alkanes of at least 4 members (excludes halogenated alkanes) is 1. The van der Waals surface area contributed by atoms with Gasteiger partial charge in [-0.3, -0.25) is 14.5 Å². The molecule has 3 rings (SSSR count). The largest absolute Gasteiger partial charge is 0.485 e. The first-order chi connectivity index (χ1) is 12.7. The number of rotatable bonds is 6. The zero-order chi connectivity index (χ0) is 18.4. The fourth-order valence-electron chi connectivity index (χ4n) is 3.13. The summed E-state index contributed by atoms with van der Waals surface area (Å²) in [5, 5.41) is 2.93. The summed E-state index contributed by atoms with van der Waals surface area (Å²) in [7, 11) is 0. The van der Waals surface area contributed by atoms with E-state index < -0.39 is 6.10 Å². The molecule has 1 fully saturated rings. The number of amides is 2. The van der Waals surface area contributed by atoms with E-state index >= 15 is 0 Å². The number of ether oxygens (including phenoxy) is 2. The van der Waals surface area contributed by atoms with Gasteiger partial charge in [0, 0.05) is 32.7 Å². The summed E-state index contributed by atoms with van der Waals surface area (Å²) in [6.07, 6.45) is 1.47. The van der Waals surface area contributed by atoms with Gasteiger partial charge in [-0.05, 0) is 18.6 Å². The highest BCUT2D eigenvalue weighted by Crippen LogP contribution is 2.31. The maximum Gasteiger partial charge on any atom is 0.267 e. The number of hydrogen-bond acceptors (Lipinski definition) is 5. The Bertz CT molecular complexity index is 629. The molecular weight excluding hydrogens is 334 g/mol. The molecule has 2 aliphatic heterocycles. The van der Waals surface area contributed by atoms with Gasteiger partial charge in [0.2, 0.25) is 12.0 Å². The van der Waals surface area contributed by atoms with Gasteiger partial charge in [-0.25, -0.2) is 0 Å². The van der Waals surface area contributed by atoms with Crippen molar-refractivity contribution in [2.45, 2.75) is 25.9 Å². The molecule has 142 valence electrons. The molecule has 0 spiro atoms. The molecule has 1 aromatic rings. The maximum absolute atomic E-state index is 12.7. The van der Waals surface area contributed by atoms with Crippen molar-refractivity contribution in [2.75, 3.05) is 45.9 Å². The lowest BCUT2D eigenvalue weighted by Crippen LogP contribution is -2.55. The average Bonchev–Trinajstić information content (AvgIpc) is 2.68. The quantitative estimate of drug-likeness (QED) is 0.762. The SMILES string of the molecule is CCCCNC(=O)CN1CCN(C(=O)C2COc3ccccc3O2)CC1. The predicted octanol–water partition coefficient (Wildman–Crippen LogP) is 0.887. The molecule has 1 aromatic carbocycles. The van der Waals surface area contributed by atoms with Crippen LogP contribution >= 0.6 is 0 Å². The highest BCUT2D eigenvalue weighted by atomic mass is 16.6. The summed E-state index contributed by atoms with van der Waals surface area (Å²) in [6.45, 7) is 6.04. The predicted molar refractivity (Wildman–Crippen MR) is 97.3 cm³/mol. The van der Waals surface area contributed by atoms with E-state index in [1.807, 2.05) is 24.3 Å². The molecule has 7 heteroatoms. The van der Waals surface area contributed by atoms with E-state index in [4.69, 9.17) is 9.47 Å². The lowest BCUT2D eigenvalue weighted by Gasteiger charge is -2.36. The van der Waals surface area contributed by atoms with E-state index in [2.05, 4.69) is 17.1 Å². The van der Waals surface area contributed by atoms with Gasteiger partial charge in [-0.15, -0.1) is 0 Å². The molecule has 1 unspecified atom stereocenters. The van der Waals surface area contributed by atoms with Crippen molar-refractivity contribution in [3.8, 4) is 11.5 Å². The minimum absolute atomic E-state index is 0.0495. The Hall–Kier alpha value is -2.28. The highest BCUT2D eigenvalue weighted by Gasteiger charge is 2.32. The summed E-state index contributed by atoms with van der Waals surface area (Å²) in [5.41, 5.74) is 0. The van der Waals surface area contributed by atoms with Crippen LogP contribution in [0.25, 0.3) is 0 Å². The Morgan fingerprint density at radius 3 is 2.62 bits per heavy atom. The molecule has 1 saturated heterocycles. The van der Waals surface area contributed by atoms with E-state index in [0.717, 1.165) is 19.4 Å². The molecule has 7 nitrogen and oxygen atoms in total. The average molecular weight is 361 g/mol. The van der Waals surface area contributed by atoms with Crippen LogP contribution in [-0.2, 0) is 9.59 Å². The summed E-state index contributed by atoms with van der Waals surface area (Å²) in [5.74, 6) is 1.29. The number of carbonyl (C=O) groups excluding carboxylic acids is 2. The van der Waals surface area contributed by atoms with Crippen LogP contribution < -0.4 is 14.8 Å². The number of benzene rings is 1. The molecule has 26 heavy (non-hydrogen) atoms. The first-order valence-corrected chi connectivity index (χ1v) is 9.33. The lowest BCUT2D eigenvalue weighted by atomic mass is 10.2. The van der Waals surface area contributed by atoms with Crippen LogP contribution in [-0.4, -0.2) is 73.6 Å². The third-order valence-electron chi connectivity index (χ3n) is 4.69. The van der Waals surface area contributed by atoms with Crippen LogP contribution in [0.3, 0.4) is 0 Å². The van der Waals surface area contributed by atoms with E-state index in [1.165, 1.54) is 0 Å². The highest BCUT2D eigenvalue weighted by molar-refractivity contribution is 5.82. The van der Waals surface area contributed by atoms with Crippen LogP contribution in [0.4, 0.5) is 0 Å². The molecular formula is C19H27N3O4. The van der Waals surface area contributed by atoms with Gasteiger partial charge in [0.15, 0.2) is 11.5 Å². The van der Waals surface area contributed by atoms with Crippen molar-refractivity contribution in [1.82, 2.24) is 15.1 Å². The van der Waals surface area contributed by atoms with Crippen LogP contribution in [0.2, 0.25) is 0 Å². The van der Waals surface area contributed by atoms with Crippen molar-refractivity contribution in [2.24, 2.45) is 0 Å². The molecule has 2 heterocycles. The Labute approximate surface area is 154 Å². The minimum atomic E-state index is -0.603. The van der Waals surface area contributed by atoms with Gasteiger partial charge in [0.25, 0.3) is 5.91 Å². The van der Waals surface area contributed by atoms with Gasteiger partial charge in [0.1, 0.15) is 6.61 Å². The molecule has 2 aliphatic rings. The molecule has 0 radical (unpaired) electrons. The molecule has 0 aromatic heterocycles. The van der Waals surface area contributed by atoms with Crippen LogP contribution in [0.1, 0.15) is 19.8 Å². The second kappa shape index (κ2) is 8.89. The zero-order valence-corrected chi connectivity index (χ0v) is 15.3. The summed E-state index contributed by atoms with van der Waals surface area (Å²) in [6, 6.07) is 7.38. The third-order valence-corrected chi connectivity index (χ3v) is 4.69. The molecule has 1 N–H and O–H groups in total. The number of nitrogens with one attached hydrogen (secondary N) is 1. The fourth-order valence-corrected chi connectivity index (χ4v) is 3.13. The van der Waals surface area contributed by atoms with Gasteiger partial charge < -0.3 is 19.7 Å². The Morgan fingerprint density at radius 1 is 1.15 bits per heavy atom. The lowest BCUT2D eigenvalue weighted by molar-refractivity contribution is -0.143. The van der Waals surface area contributed by atoms with Crippen molar-refractivity contribution in [3.63, 3.8) is 0 Å². The van der Waals surface area contributed by atoms with Gasteiger partial charge >= 0.3 is 0 Å². The van der Waals surface area contributed by atoms with Gasteiger partial charge in [0.05, 0.1) is 6.54 Å². The third kappa shape index (κ3) is 4.66. The summed E-state index contributed by atoms with van der Waals surface area (Å²) >= 11 is 0. The van der Waals surface area contributed by atoms with Crippen molar-refractivity contribution < 1.29 is 19.1 Å². The standard InChI is InChI=1S/C19H27N3O4/c1-2-3-8-20-18(23)13-21-9-11-22(12-10-21)19(24)17-14-25-15-6-4-5-7-16(15)26-17/h4-7,17H,2-3,8-14H2,1H3,(H,20,23). The number of carbonyl (C=O) groups is 2. The van der Waals surface area contributed by atoms with Crippen LogP contribution in [0, 0.1) is 0 Å². The van der Waals surface area contributed by atoms with E-state index in [-0.39, 0.29) is 18.4 Å². The maximum atomic E-state index is 12.7. The Kier molecular flexibility index (Phi) is 6.33. The van der Waals surface area contributed by atoms with Crippen molar-refractivity contribution >= 4 is 11.8 Å². The van der Waals surface area contributed by atoms with Crippen LogP contribution in [0.15, 0.2) is 24.3 Å². The van der Waals surface area contributed by atoms with E-state index in [1.54, 1.807) is 4.90 Å². The Balaban J connectivity index is 1.43. The first-order valence-electron chi connectivity index (χ1n) is 9.33. The molecule has 0 saturated carbocycles. The second-order valence-corrected chi connectivity index (χ2v) is 6.67. The molecule has 0 bridgehead atoms. The Morgan fingerprint density at radius 2 is 1.88 bits per heavy atom. The molecule has 1 atom stereocenters. The monoisotopic (exact) mass is 361 g/mol. The van der Waals surface area contributed by atoms with Crippen LogP contribution in [0.5, 0.6) is 11.5 Å². The minimum Gasteiger partial charge on any atom is -0.485 e. The van der Waals surface area contributed by atoms with E-state index in [9.17, 15) is 9.59 Å². The van der Waals surface area contributed by atoms with Crippen molar-refractivity contribution in [1.29, 1.82) is 0 Å². The van der Waals surface area contributed by atoms with Gasteiger partial charge in [-0.2, -0.15) is 0 Å². The number of piperazine rings is 1. The summed E-state index contributed by atoms with van der Waals surface area (Å²) in [4.78, 5) is 28.5. The normalized spacial score (nSPS) is 19.9. The number of nitrogens with zero attached hydrogens (tertiary/aromatic N) is 2. The topological polar surface area (TPSA) is 71.1 Å². The number of para-hydroxylation sites is 2. The summed E-state index contributed by atoms with van der Waals surface area (Å²) < 4.78 is 11.4. The smallest absolute Gasteiger partial charge is 0.267 e. The zero-order valence-electron chi connectivity index (χ0n) is 15.3. The molecule has 0 aliphatic carbocycles. The first kappa shape index (κ1) is 18.5. The fraction of sp³-hybridized carbons (Fsp3) is 0.579. The molecule has 2 amide bonds. The van der Waals surface area contributed by atoms with Crippen molar-refractivity contribution in [3.05, 3.63) is 24.3 Å². The number of hydrogen-bond donors (Lipinski definition) is 1. The second-order valence-electron chi connectivity index (χ2n) is 6.67. The number of fused-ring (bicyclic) bond motifs is 1.